The number of carbonyl (C=O) groups excluding carboxylic acids is 2. The molecule has 0 radical (unpaired) electrons. The minimum absolute atomic E-state index is 0.208. The van der Waals surface area contributed by atoms with Gasteiger partial charge < -0.3 is 9.64 Å². The first-order valence-corrected chi connectivity index (χ1v) is 8.01. The number of esters is 1. The Kier molecular flexibility index (Phi) is 5.53. The smallest absolute Gasteiger partial charge is 0.379 e. The standard InChI is InChI=1S/C16H20BrNO3/c1-3-21-16(20)15(19)12-4-5-13(14(17)10-12)11-6-8-18(2)9-7-11/h4-5,10-11H,3,6-9H2,1-2H3. The number of likely N-dealkylation sites (tertiary alicyclic amines) is 1. The third-order valence-corrected chi connectivity index (χ3v) is 4.57. The monoisotopic (exact) mass is 353 g/mol. The molecule has 0 saturated carbocycles. The summed E-state index contributed by atoms with van der Waals surface area (Å²) in [6, 6.07) is 5.40. The van der Waals surface area contributed by atoms with Gasteiger partial charge in [0, 0.05) is 10.0 Å². The summed E-state index contributed by atoms with van der Waals surface area (Å²) in [5.41, 5.74) is 1.58. The van der Waals surface area contributed by atoms with Crippen molar-refractivity contribution >= 4 is 27.7 Å². The third kappa shape index (κ3) is 3.92. The summed E-state index contributed by atoms with van der Waals surface area (Å²) in [5.74, 6) is -0.883. The molecule has 1 aliphatic heterocycles. The Labute approximate surface area is 133 Å². The predicted molar refractivity (Wildman–Crippen MR) is 84.6 cm³/mol. The molecule has 4 nitrogen and oxygen atoms in total. The van der Waals surface area contributed by atoms with Crippen LogP contribution in [0.1, 0.15) is 41.6 Å². The normalized spacial score (nSPS) is 16.7. The number of halogens is 1. The molecule has 1 fully saturated rings. The molecule has 0 atom stereocenters. The lowest BCUT2D eigenvalue weighted by Crippen LogP contribution is -2.29. The number of hydrogen-bond donors (Lipinski definition) is 0. The second kappa shape index (κ2) is 7.18. The molecule has 0 aromatic heterocycles. The van der Waals surface area contributed by atoms with Crippen molar-refractivity contribution in [3.8, 4) is 0 Å². The number of ketones is 1. The minimum Gasteiger partial charge on any atom is -0.460 e. The number of Topliss-reactive ketones (excluding diaryl/α,β-unsaturated/α-hetero) is 1. The van der Waals surface area contributed by atoms with Crippen molar-refractivity contribution in [3.05, 3.63) is 33.8 Å². The summed E-state index contributed by atoms with van der Waals surface area (Å²) in [4.78, 5) is 25.7. The maximum Gasteiger partial charge on any atom is 0.379 e. The second-order valence-corrected chi connectivity index (χ2v) is 6.22. The average Bonchev–Trinajstić information content (AvgIpc) is 2.48. The van der Waals surface area contributed by atoms with E-state index in [4.69, 9.17) is 4.74 Å². The first-order chi connectivity index (χ1) is 10.0. The first kappa shape index (κ1) is 16.2. The summed E-state index contributed by atoms with van der Waals surface area (Å²) in [6.07, 6.45) is 2.22. The summed E-state index contributed by atoms with van der Waals surface area (Å²) < 4.78 is 5.64. The molecule has 114 valence electrons. The van der Waals surface area contributed by atoms with Crippen LogP contribution in [0.4, 0.5) is 0 Å². The highest BCUT2D eigenvalue weighted by atomic mass is 79.9. The van der Waals surface area contributed by atoms with Crippen LogP contribution in [-0.4, -0.2) is 43.4 Å². The van der Waals surface area contributed by atoms with Crippen LogP contribution in [0, 0.1) is 0 Å². The predicted octanol–water partition coefficient (Wildman–Crippen LogP) is 3.00. The minimum atomic E-state index is -0.795. The zero-order chi connectivity index (χ0) is 15.4. The molecule has 21 heavy (non-hydrogen) atoms. The van der Waals surface area contributed by atoms with Crippen LogP contribution >= 0.6 is 15.9 Å². The number of hydrogen-bond acceptors (Lipinski definition) is 4. The molecule has 1 aliphatic rings. The topological polar surface area (TPSA) is 46.6 Å². The van der Waals surface area contributed by atoms with Gasteiger partial charge in [0.05, 0.1) is 6.61 Å². The molecule has 1 aromatic carbocycles. The Morgan fingerprint density at radius 1 is 1.33 bits per heavy atom. The number of piperidine rings is 1. The van der Waals surface area contributed by atoms with Gasteiger partial charge in [-0.15, -0.1) is 0 Å². The van der Waals surface area contributed by atoms with Crippen LogP contribution in [0.15, 0.2) is 22.7 Å². The van der Waals surface area contributed by atoms with Crippen LogP contribution < -0.4 is 0 Å². The zero-order valence-electron chi connectivity index (χ0n) is 12.4. The molecule has 2 rings (SSSR count). The average molecular weight is 354 g/mol. The van der Waals surface area contributed by atoms with Crippen LogP contribution in [0.3, 0.4) is 0 Å². The second-order valence-electron chi connectivity index (χ2n) is 5.36. The van der Waals surface area contributed by atoms with Crippen LogP contribution in [-0.2, 0) is 9.53 Å². The number of benzene rings is 1. The summed E-state index contributed by atoms with van der Waals surface area (Å²) in [5, 5.41) is 0. The van der Waals surface area contributed by atoms with Crippen molar-refractivity contribution in [3.63, 3.8) is 0 Å². The summed E-state index contributed by atoms with van der Waals surface area (Å²) >= 11 is 3.54. The number of ether oxygens (including phenoxy) is 1. The molecule has 0 unspecified atom stereocenters. The largest absolute Gasteiger partial charge is 0.460 e. The molecule has 0 aliphatic carbocycles. The van der Waals surface area contributed by atoms with E-state index in [-0.39, 0.29) is 6.61 Å². The highest BCUT2D eigenvalue weighted by molar-refractivity contribution is 9.10. The Hall–Kier alpha value is -1.20. The highest BCUT2D eigenvalue weighted by Gasteiger charge is 2.23. The van der Waals surface area contributed by atoms with Gasteiger partial charge in [-0.05, 0) is 57.5 Å². The van der Waals surface area contributed by atoms with E-state index in [2.05, 4.69) is 27.9 Å². The van der Waals surface area contributed by atoms with Crippen molar-refractivity contribution < 1.29 is 14.3 Å². The quantitative estimate of drug-likeness (QED) is 0.474. The van der Waals surface area contributed by atoms with Gasteiger partial charge in [-0.2, -0.15) is 0 Å². The van der Waals surface area contributed by atoms with Crippen LogP contribution in [0.25, 0.3) is 0 Å². The highest BCUT2D eigenvalue weighted by Crippen LogP contribution is 2.33. The summed E-state index contributed by atoms with van der Waals surface area (Å²) in [6.45, 7) is 4.06. The van der Waals surface area contributed by atoms with Crippen molar-refractivity contribution in [2.75, 3.05) is 26.7 Å². The van der Waals surface area contributed by atoms with E-state index in [1.54, 1.807) is 19.1 Å². The summed E-state index contributed by atoms with van der Waals surface area (Å²) in [7, 11) is 2.13. The van der Waals surface area contributed by atoms with Gasteiger partial charge in [-0.3, -0.25) is 4.79 Å². The fraction of sp³-hybridized carbons (Fsp3) is 0.500. The first-order valence-electron chi connectivity index (χ1n) is 7.22. The van der Waals surface area contributed by atoms with E-state index in [0.29, 0.717) is 11.5 Å². The Morgan fingerprint density at radius 2 is 2.00 bits per heavy atom. The molecule has 1 aromatic rings. The molecule has 0 N–H and O–H groups in total. The van der Waals surface area contributed by atoms with E-state index in [9.17, 15) is 9.59 Å². The van der Waals surface area contributed by atoms with Gasteiger partial charge >= 0.3 is 5.97 Å². The Balaban J connectivity index is 2.14. The van der Waals surface area contributed by atoms with Gasteiger partial charge in [-0.25, -0.2) is 4.79 Å². The third-order valence-electron chi connectivity index (χ3n) is 3.88. The molecular formula is C16H20BrNO3. The number of carbonyl (C=O) groups is 2. The van der Waals surface area contributed by atoms with Crippen LogP contribution in [0.5, 0.6) is 0 Å². The number of nitrogens with zero attached hydrogens (tertiary/aromatic N) is 1. The van der Waals surface area contributed by atoms with Crippen molar-refractivity contribution in [1.29, 1.82) is 0 Å². The van der Waals surface area contributed by atoms with Gasteiger partial charge in [0.1, 0.15) is 0 Å². The van der Waals surface area contributed by atoms with Crippen molar-refractivity contribution in [2.45, 2.75) is 25.7 Å². The molecule has 1 heterocycles. The van der Waals surface area contributed by atoms with E-state index >= 15 is 0 Å². The van der Waals surface area contributed by atoms with Gasteiger partial charge in [0.2, 0.25) is 0 Å². The lowest BCUT2D eigenvalue weighted by Gasteiger charge is -2.29. The van der Waals surface area contributed by atoms with E-state index in [1.807, 2.05) is 6.07 Å². The number of rotatable bonds is 4. The fourth-order valence-corrected chi connectivity index (χ4v) is 3.34. The lowest BCUT2D eigenvalue weighted by molar-refractivity contribution is -0.137. The van der Waals surface area contributed by atoms with E-state index in [0.717, 1.165) is 30.4 Å². The molecule has 0 bridgehead atoms. The van der Waals surface area contributed by atoms with Gasteiger partial charge in [0.25, 0.3) is 5.78 Å². The van der Waals surface area contributed by atoms with Crippen molar-refractivity contribution in [2.24, 2.45) is 0 Å². The molecular weight excluding hydrogens is 334 g/mol. The molecule has 0 amide bonds. The lowest BCUT2D eigenvalue weighted by atomic mass is 9.89. The maximum absolute atomic E-state index is 11.9. The van der Waals surface area contributed by atoms with Crippen molar-refractivity contribution in [1.82, 2.24) is 4.90 Å². The van der Waals surface area contributed by atoms with Crippen LogP contribution in [0.2, 0.25) is 0 Å². The zero-order valence-corrected chi connectivity index (χ0v) is 14.0. The molecule has 5 heteroatoms. The van der Waals surface area contributed by atoms with E-state index < -0.39 is 11.8 Å². The maximum atomic E-state index is 11.9. The van der Waals surface area contributed by atoms with Gasteiger partial charge in [0.15, 0.2) is 0 Å². The van der Waals surface area contributed by atoms with Gasteiger partial charge in [-0.1, -0.05) is 28.1 Å². The molecule has 1 saturated heterocycles. The fourth-order valence-electron chi connectivity index (χ4n) is 2.63. The Morgan fingerprint density at radius 3 is 2.57 bits per heavy atom. The SMILES string of the molecule is CCOC(=O)C(=O)c1ccc(C2CCN(C)CC2)c(Br)c1. The Bertz CT molecular complexity index is 536. The molecule has 0 spiro atoms. The van der Waals surface area contributed by atoms with E-state index in [1.165, 1.54) is 5.56 Å².